The van der Waals surface area contributed by atoms with Crippen LogP contribution in [0.25, 0.3) is 0 Å². The quantitative estimate of drug-likeness (QED) is 0.754. The van der Waals surface area contributed by atoms with Gasteiger partial charge in [-0.05, 0) is 42.1 Å². The molecular weight excluding hydrogens is 272 g/mol. The molecule has 0 aromatic heterocycles. The topological polar surface area (TPSA) is 24.7 Å². The first-order valence-corrected chi connectivity index (χ1v) is 6.51. The van der Waals surface area contributed by atoms with Gasteiger partial charge in [-0.2, -0.15) is 0 Å². The van der Waals surface area contributed by atoms with Crippen molar-refractivity contribution in [3.63, 3.8) is 0 Å². The molecule has 0 bridgehead atoms. The summed E-state index contributed by atoms with van der Waals surface area (Å²) in [7, 11) is 0. The molecule has 4 heteroatoms. The lowest BCUT2D eigenvalue weighted by Crippen LogP contribution is -2.14. The Bertz CT molecular complexity index is 403. The second-order valence-corrected chi connectivity index (χ2v) is 4.62. The van der Waals surface area contributed by atoms with Crippen LogP contribution < -0.4 is 0 Å². The highest BCUT2D eigenvalue weighted by molar-refractivity contribution is 9.19. The lowest BCUT2D eigenvalue weighted by molar-refractivity contribution is 1.29. The molecule has 2 nitrogen and oxygen atoms in total. The molecule has 1 aliphatic heterocycles. The van der Waals surface area contributed by atoms with E-state index in [2.05, 4.69) is 32.5 Å². The third kappa shape index (κ3) is 3.18. The summed E-state index contributed by atoms with van der Waals surface area (Å²) in [5, 5.41) is 0.782. The average Bonchev–Trinajstić information content (AvgIpc) is 2.21. The molecule has 0 saturated carbocycles. The number of nitrogens with zero attached hydrogens (tertiary/aromatic N) is 2. The lowest BCUT2D eigenvalue weighted by Gasteiger charge is -2.12. The maximum absolute atomic E-state index is 4.42. The molecule has 1 aliphatic rings. The van der Waals surface area contributed by atoms with Gasteiger partial charge in [0.2, 0.25) is 0 Å². The van der Waals surface area contributed by atoms with Crippen LogP contribution in [0.3, 0.4) is 0 Å². The molecule has 0 N–H and O–H groups in total. The monoisotopic (exact) mass is 284 g/mol. The Hall–Kier alpha value is -0.610. The summed E-state index contributed by atoms with van der Waals surface area (Å²) in [5.74, 6) is 0. The van der Waals surface area contributed by atoms with Crippen molar-refractivity contribution in [2.24, 2.45) is 9.98 Å². The van der Waals surface area contributed by atoms with E-state index in [1.807, 2.05) is 32.3 Å². The molecule has 1 rings (SSSR count). The summed E-state index contributed by atoms with van der Waals surface area (Å²) in [6.45, 7) is 7.79. The van der Waals surface area contributed by atoms with Crippen LogP contribution in [0, 0.1) is 0 Å². The fourth-order valence-corrected chi connectivity index (χ4v) is 1.93. The molecule has 0 spiro atoms. The highest BCUT2D eigenvalue weighted by Gasteiger charge is 2.14. The minimum absolute atomic E-state index is 0.769. The van der Waals surface area contributed by atoms with Gasteiger partial charge in [0.25, 0.3) is 0 Å². The Morgan fingerprint density at radius 3 is 2.87 bits per heavy atom. The van der Waals surface area contributed by atoms with E-state index in [4.69, 9.17) is 0 Å². The molecule has 0 aromatic carbocycles. The van der Waals surface area contributed by atoms with Crippen LogP contribution in [-0.4, -0.2) is 16.6 Å². The molecule has 0 unspecified atom stereocenters. The van der Waals surface area contributed by atoms with E-state index in [1.54, 1.807) is 0 Å². The summed E-state index contributed by atoms with van der Waals surface area (Å²) in [5.41, 5.74) is 2.90. The molecule has 1 heterocycles. The van der Waals surface area contributed by atoms with Gasteiger partial charge in [0.1, 0.15) is 10.3 Å². The van der Waals surface area contributed by atoms with E-state index in [1.165, 1.54) is 11.8 Å². The summed E-state index contributed by atoms with van der Waals surface area (Å²) in [6, 6.07) is 0. The summed E-state index contributed by atoms with van der Waals surface area (Å²) in [6.07, 6.45) is 5.99. The van der Waals surface area contributed by atoms with Crippen molar-refractivity contribution in [3.8, 4) is 0 Å². The molecule has 0 fully saturated rings. The van der Waals surface area contributed by atoms with E-state index in [9.17, 15) is 0 Å². The Morgan fingerprint density at radius 1 is 1.67 bits per heavy atom. The molecule has 0 aromatic rings. The zero-order valence-corrected chi connectivity index (χ0v) is 11.4. The zero-order valence-electron chi connectivity index (χ0n) is 9.04. The van der Waals surface area contributed by atoms with E-state index in [0.717, 1.165) is 26.6 Å². The van der Waals surface area contributed by atoms with Crippen molar-refractivity contribution in [1.82, 2.24) is 0 Å². The van der Waals surface area contributed by atoms with Crippen molar-refractivity contribution in [2.45, 2.75) is 13.8 Å². The van der Waals surface area contributed by atoms with Crippen molar-refractivity contribution < 1.29 is 0 Å². The van der Waals surface area contributed by atoms with Gasteiger partial charge in [0.05, 0.1) is 5.03 Å². The van der Waals surface area contributed by atoms with Crippen molar-refractivity contribution >= 4 is 38.0 Å². The number of rotatable bonds is 2. The van der Waals surface area contributed by atoms with Gasteiger partial charge < -0.3 is 0 Å². The second-order valence-electron chi connectivity index (χ2n) is 2.99. The highest BCUT2D eigenvalue weighted by Crippen LogP contribution is 2.20. The molecule has 0 saturated heterocycles. The van der Waals surface area contributed by atoms with Crippen LogP contribution in [0.5, 0.6) is 0 Å². The second kappa shape index (κ2) is 5.47. The fourth-order valence-electron chi connectivity index (χ4n) is 1.15. The van der Waals surface area contributed by atoms with Crippen LogP contribution in [0.1, 0.15) is 13.8 Å². The number of allylic oxidation sites excluding steroid dienone is 4. The Morgan fingerprint density at radius 2 is 2.33 bits per heavy atom. The number of hydrogen-bond donors (Lipinski definition) is 0. The largest absolute Gasteiger partial charge is 0.244 e. The first-order chi connectivity index (χ1) is 7.08. The van der Waals surface area contributed by atoms with E-state index < -0.39 is 0 Å². The maximum atomic E-state index is 4.42. The molecule has 0 aliphatic carbocycles. The van der Waals surface area contributed by atoms with Gasteiger partial charge in [0, 0.05) is 11.3 Å². The molecule has 15 heavy (non-hydrogen) atoms. The average molecular weight is 285 g/mol. The highest BCUT2D eigenvalue weighted by atomic mass is 79.9. The maximum Gasteiger partial charge on any atom is 0.132 e. The summed E-state index contributed by atoms with van der Waals surface area (Å²) < 4.78 is 0.769. The predicted octanol–water partition coefficient (Wildman–Crippen LogP) is 3.92. The van der Waals surface area contributed by atoms with E-state index >= 15 is 0 Å². The zero-order chi connectivity index (χ0) is 11.4. The Balaban J connectivity index is 3.14. The van der Waals surface area contributed by atoms with Crippen LogP contribution in [0.15, 0.2) is 45.0 Å². The number of halogens is 1. The minimum atomic E-state index is 0.769. The molecule has 0 atom stereocenters. The SMILES string of the molecule is C=C(/N=C1/C(Br)=NC(C)=C/C1=C/C)SC. The van der Waals surface area contributed by atoms with E-state index in [0.29, 0.717) is 0 Å². The molecular formula is C11H13BrN2S. The Kier molecular flexibility index (Phi) is 4.54. The van der Waals surface area contributed by atoms with Gasteiger partial charge >= 0.3 is 0 Å². The third-order valence-electron chi connectivity index (χ3n) is 1.89. The van der Waals surface area contributed by atoms with Gasteiger partial charge in [-0.15, -0.1) is 11.8 Å². The number of aliphatic imine (C=N–C) groups is 2. The van der Waals surface area contributed by atoms with Gasteiger partial charge in [0.15, 0.2) is 0 Å². The first kappa shape index (κ1) is 12.5. The third-order valence-corrected chi connectivity index (χ3v) is 3.01. The number of thioether (sulfide) groups is 1. The first-order valence-electron chi connectivity index (χ1n) is 4.49. The Labute approximate surface area is 103 Å². The van der Waals surface area contributed by atoms with Gasteiger partial charge in [-0.25, -0.2) is 9.98 Å². The molecule has 0 radical (unpaired) electrons. The van der Waals surface area contributed by atoms with Crippen LogP contribution in [0.4, 0.5) is 0 Å². The van der Waals surface area contributed by atoms with Crippen LogP contribution in [-0.2, 0) is 0 Å². The standard InChI is InChI=1S/C11H13BrN2S/c1-5-9-6-7(2)13-11(12)10(9)14-8(3)15-4/h5-6H,3H2,1-2,4H3/b9-5-,14-10+. The van der Waals surface area contributed by atoms with Gasteiger partial charge in [-0.3, -0.25) is 0 Å². The molecule has 0 amide bonds. The smallest absolute Gasteiger partial charge is 0.132 e. The summed E-state index contributed by atoms with van der Waals surface area (Å²) >= 11 is 4.95. The summed E-state index contributed by atoms with van der Waals surface area (Å²) in [4.78, 5) is 8.74. The normalized spacial score (nSPS) is 21.6. The van der Waals surface area contributed by atoms with E-state index in [-0.39, 0.29) is 0 Å². The molecule has 80 valence electrons. The van der Waals surface area contributed by atoms with Crippen LogP contribution in [0.2, 0.25) is 0 Å². The van der Waals surface area contributed by atoms with Crippen molar-refractivity contribution in [1.29, 1.82) is 0 Å². The van der Waals surface area contributed by atoms with Crippen molar-refractivity contribution in [2.75, 3.05) is 6.26 Å². The van der Waals surface area contributed by atoms with Gasteiger partial charge in [-0.1, -0.05) is 12.7 Å². The minimum Gasteiger partial charge on any atom is -0.244 e. The fraction of sp³-hybridized carbons (Fsp3) is 0.273. The lowest BCUT2D eigenvalue weighted by atomic mass is 10.1. The van der Waals surface area contributed by atoms with Crippen LogP contribution >= 0.6 is 27.7 Å². The van der Waals surface area contributed by atoms with Crippen molar-refractivity contribution in [3.05, 3.63) is 35.0 Å². The number of hydrogen-bond acceptors (Lipinski definition) is 3. The predicted molar refractivity (Wildman–Crippen MR) is 74.0 cm³/mol.